The Hall–Kier alpha value is -0.500. The Bertz CT molecular complexity index is 464. The summed E-state index contributed by atoms with van der Waals surface area (Å²) in [4.78, 5) is 8.69. The normalized spacial score (nSPS) is 18.7. The van der Waals surface area contributed by atoms with Gasteiger partial charge in [0.1, 0.15) is 0 Å². The molecule has 0 amide bonds. The first-order chi connectivity index (χ1) is 9.11. The van der Waals surface area contributed by atoms with Crippen molar-refractivity contribution in [1.29, 1.82) is 0 Å². The SMILES string of the molecule is CN=C(NC1CCN(c2ccccc2Br)C1)N(C)C.I. The van der Waals surface area contributed by atoms with E-state index in [1.165, 1.54) is 5.69 Å². The highest BCUT2D eigenvalue weighted by atomic mass is 127. The lowest BCUT2D eigenvalue weighted by atomic mass is 10.3. The highest BCUT2D eigenvalue weighted by Crippen LogP contribution is 2.28. The van der Waals surface area contributed by atoms with Gasteiger partial charge in [0.2, 0.25) is 0 Å². The van der Waals surface area contributed by atoms with Crippen LogP contribution in [-0.4, -0.2) is 51.1 Å². The highest BCUT2D eigenvalue weighted by molar-refractivity contribution is 14.0. The molecule has 1 atom stereocenters. The van der Waals surface area contributed by atoms with Crippen LogP contribution in [0, 0.1) is 0 Å². The first-order valence-corrected chi connectivity index (χ1v) is 7.31. The molecular formula is C14H22BrIN4. The Labute approximate surface area is 146 Å². The van der Waals surface area contributed by atoms with E-state index >= 15 is 0 Å². The smallest absolute Gasteiger partial charge is 0.193 e. The van der Waals surface area contributed by atoms with Gasteiger partial charge in [0.05, 0.1) is 5.69 Å². The molecule has 2 rings (SSSR count). The van der Waals surface area contributed by atoms with Gasteiger partial charge in [-0.2, -0.15) is 0 Å². The molecule has 0 radical (unpaired) electrons. The van der Waals surface area contributed by atoms with Crippen molar-refractivity contribution in [2.45, 2.75) is 12.5 Å². The van der Waals surface area contributed by atoms with Crippen molar-refractivity contribution < 1.29 is 0 Å². The Morgan fingerprint density at radius 3 is 2.70 bits per heavy atom. The summed E-state index contributed by atoms with van der Waals surface area (Å²) in [6.45, 7) is 2.08. The Balaban J connectivity index is 0.00000200. The molecule has 1 aliphatic heterocycles. The van der Waals surface area contributed by atoms with Gasteiger partial charge in [-0.05, 0) is 34.5 Å². The summed E-state index contributed by atoms with van der Waals surface area (Å²) < 4.78 is 1.16. The van der Waals surface area contributed by atoms with Gasteiger partial charge in [0.25, 0.3) is 0 Å². The third kappa shape index (κ3) is 4.25. The first kappa shape index (κ1) is 17.6. The summed E-state index contributed by atoms with van der Waals surface area (Å²) in [6.07, 6.45) is 1.13. The lowest BCUT2D eigenvalue weighted by Gasteiger charge is -2.23. The molecule has 6 heteroatoms. The van der Waals surface area contributed by atoms with Gasteiger partial charge in [-0.25, -0.2) is 0 Å². The van der Waals surface area contributed by atoms with Crippen LogP contribution in [0.5, 0.6) is 0 Å². The van der Waals surface area contributed by atoms with E-state index in [2.05, 4.69) is 49.3 Å². The molecule has 0 aromatic heterocycles. The van der Waals surface area contributed by atoms with Gasteiger partial charge in [-0.1, -0.05) is 12.1 Å². The van der Waals surface area contributed by atoms with E-state index in [4.69, 9.17) is 0 Å². The second-order valence-electron chi connectivity index (χ2n) is 4.97. The molecule has 1 unspecified atom stereocenters. The maximum atomic E-state index is 4.27. The standard InChI is InChI=1S/C14H21BrN4.HI/c1-16-14(18(2)3)17-11-8-9-19(10-11)13-7-5-4-6-12(13)15;/h4-7,11H,8-10H2,1-3H3,(H,16,17);1H. The van der Waals surface area contributed by atoms with Crippen LogP contribution in [0.2, 0.25) is 0 Å². The van der Waals surface area contributed by atoms with Crippen molar-refractivity contribution in [2.24, 2.45) is 4.99 Å². The second-order valence-corrected chi connectivity index (χ2v) is 5.82. The van der Waals surface area contributed by atoms with Gasteiger partial charge in [-0.3, -0.25) is 4.99 Å². The zero-order chi connectivity index (χ0) is 13.8. The largest absolute Gasteiger partial charge is 0.368 e. The molecule has 1 aliphatic rings. The minimum atomic E-state index is 0. The van der Waals surface area contributed by atoms with E-state index in [-0.39, 0.29) is 24.0 Å². The summed E-state index contributed by atoms with van der Waals surface area (Å²) in [5.74, 6) is 0.943. The average molecular weight is 453 g/mol. The predicted molar refractivity (Wildman–Crippen MR) is 100 cm³/mol. The van der Waals surface area contributed by atoms with Crippen molar-refractivity contribution in [3.05, 3.63) is 28.7 Å². The van der Waals surface area contributed by atoms with Crippen LogP contribution in [0.1, 0.15) is 6.42 Å². The van der Waals surface area contributed by atoms with E-state index < -0.39 is 0 Å². The van der Waals surface area contributed by atoms with Crippen LogP contribution in [0.4, 0.5) is 5.69 Å². The van der Waals surface area contributed by atoms with Crippen molar-refractivity contribution in [3.8, 4) is 0 Å². The molecule has 0 bridgehead atoms. The minimum absolute atomic E-state index is 0. The van der Waals surface area contributed by atoms with Crippen molar-refractivity contribution in [1.82, 2.24) is 10.2 Å². The number of guanidine groups is 1. The maximum Gasteiger partial charge on any atom is 0.193 e. The zero-order valence-electron chi connectivity index (χ0n) is 12.1. The van der Waals surface area contributed by atoms with Crippen LogP contribution >= 0.6 is 39.9 Å². The third-order valence-electron chi connectivity index (χ3n) is 3.35. The third-order valence-corrected chi connectivity index (χ3v) is 4.02. The van der Waals surface area contributed by atoms with Gasteiger partial charge in [0, 0.05) is 44.7 Å². The number of para-hydroxylation sites is 1. The fourth-order valence-corrected chi connectivity index (χ4v) is 2.92. The number of anilines is 1. The highest BCUT2D eigenvalue weighted by Gasteiger charge is 2.24. The molecule has 20 heavy (non-hydrogen) atoms. The fourth-order valence-electron chi connectivity index (χ4n) is 2.38. The molecule has 0 aliphatic carbocycles. The number of hydrogen-bond acceptors (Lipinski definition) is 2. The molecule has 1 aromatic carbocycles. The molecule has 0 spiro atoms. The summed E-state index contributed by atoms with van der Waals surface area (Å²) in [7, 11) is 5.84. The molecule has 1 N–H and O–H groups in total. The van der Waals surface area contributed by atoms with Crippen molar-refractivity contribution in [3.63, 3.8) is 0 Å². The summed E-state index contributed by atoms with van der Waals surface area (Å²) in [6, 6.07) is 8.84. The van der Waals surface area contributed by atoms with E-state index in [0.717, 1.165) is 29.9 Å². The Kier molecular flexibility index (Phi) is 7.08. The average Bonchev–Trinajstić information content (AvgIpc) is 2.84. The van der Waals surface area contributed by atoms with Gasteiger partial charge in [-0.15, -0.1) is 24.0 Å². The molecular weight excluding hydrogens is 431 g/mol. The van der Waals surface area contributed by atoms with E-state index in [0.29, 0.717) is 6.04 Å². The fraction of sp³-hybridized carbons (Fsp3) is 0.500. The number of aliphatic imine (C=N–C) groups is 1. The van der Waals surface area contributed by atoms with Crippen LogP contribution in [0.25, 0.3) is 0 Å². The van der Waals surface area contributed by atoms with Crippen LogP contribution < -0.4 is 10.2 Å². The van der Waals surface area contributed by atoms with Gasteiger partial charge >= 0.3 is 0 Å². The van der Waals surface area contributed by atoms with E-state index in [1.54, 1.807) is 0 Å². The molecule has 1 heterocycles. The first-order valence-electron chi connectivity index (χ1n) is 6.52. The second kappa shape index (κ2) is 8.07. The maximum absolute atomic E-state index is 4.27. The number of benzene rings is 1. The van der Waals surface area contributed by atoms with Crippen LogP contribution in [0.15, 0.2) is 33.7 Å². The predicted octanol–water partition coefficient (Wildman–Crippen LogP) is 2.78. The monoisotopic (exact) mass is 452 g/mol. The van der Waals surface area contributed by atoms with Crippen LogP contribution in [0.3, 0.4) is 0 Å². The lowest BCUT2D eigenvalue weighted by molar-refractivity contribution is 0.548. The molecule has 1 saturated heterocycles. The zero-order valence-corrected chi connectivity index (χ0v) is 16.1. The van der Waals surface area contributed by atoms with Gasteiger partial charge < -0.3 is 15.1 Å². The lowest BCUT2D eigenvalue weighted by Crippen LogP contribution is -2.43. The van der Waals surface area contributed by atoms with E-state index in [1.807, 2.05) is 32.1 Å². The minimum Gasteiger partial charge on any atom is -0.368 e. The quantitative estimate of drug-likeness (QED) is 0.425. The summed E-state index contributed by atoms with van der Waals surface area (Å²) in [5.41, 5.74) is 1.27. The number of nitrogens with zero attached hydrogens (tertiary/aromatic N) is 3. The molecule has 1 aromatic rings. The number of nitrogens with one attached hydrogen (secondary N) is 1. The molecule has 4 nitrogen and oxygen atoms in total. The number of rotatable bonds is 2. The number of hydrogen-bond donors (Lipinski definition) is 1. The molecule has 1 fully saturated rings. The van der Waals surface area contributed by atoms with Gasteiger partial charge in [0.15, 0.2) is 5.96 Å². The Morgan fingerprint density at radius 2 is 2.10 bits per heavy atom. The topological polar surface area (TPSA) is 30.9 Å². The van der Waals surface area contributed by atoms with Crippen molar-refractivity contribution in [2.75, 3.05) is 39.1 Å². The van der Waals surface area contributed by atoms with E-state index in [9.17, 15) is 0 Å². The molecule has 0 saturated carbocycles. The Morgan fingerprint density at radius 1 is 1.40 bits per heavy atom. The summed E-state index contributed by atoms with van der Waals surface area (Å²) >= 11 is 3.62. The number of halogens is 2. The summed E-state index contributed by atoms with van der Waals surface area (Å²) in [5, 5.41) is 3.50. The van der Waals surface area contributed by atoms with Crippen LogP contribution in [-0.2, 0) is 0 Å². The molecule has 112 valence electrons. The van der Waals surface area contributed by atoms with Crippen molar-refractivity contribution >= 4 is 51.6 Å².